The second kappa shape index (κ2) is 13.9. The van der Waals surface area contributed by atoms with Crippen molar-refractivity contribution in [2.24, 2.45) is 5.92 Å². The molecule has 0 aromatic heterocycles. The second-order valence-electron chi connectivity index (χ2n) is 11.2. The first-order valence-electron chi connectivity index (χ1n) is 14.3. The molecule has 0 bridgehead atoms. The van der Waals surface area contributed by atoms with Crippen LogP contribution >= 0.6 is 0 Å². The van der Waals surface area contributed by atoms with Crippen molar-refractivity contribution in [1.82, 2.24) is 14.3 Å². The van der Waals surface area contributed by atoms with Crippen molar-refractivity contribution in [1.29, 1.82) is 0 Å². The molecule has 1 aromatic rings. The topological polar surface area (TPSA) is 134 Å². The molecule has 1 aromatic carbocycles. The number of carbonyl (C=O) groups excluding carboxylic acids is 1. The molecule has 2 aliphatic carbocycles. The molecule has 15 heteroatoms. The van der Waals surface area contributed by atoms with E-state index in [-0.39, 0.29) is 36.8 Å². The van der Waals surface area contributed by atoms with Crippen molar-refractivity contribution in [3.8, 4) is 5.75 Å². The van der Waals surface area contributed by atoms with E-state index in [4.69, 9.17) is 19.4 Å². The van der Waals surface area contributed by atoms with E-state index in [1.54, 1.807) is 0 Å². The summed E-state index contributed by atoms with van der Waals surface area (Å²) in [5, 5.41) is 10.4. The van der Waals surface area contributed by atoms with Gasteiger partial charge in [0.05, 0.1) is 24.4 Å². The highest BCUT2D eigenvalue weighted by atomic mass is 32.2. The van der Waals surface area contributed by atoms with Crippen LogP contribution in [0.1, 0.15) is 79.6 Å². The van der Waals surface area contributed by atoms with Crippen LogP contribution in [0.4, 0.5) is 17.6 Å². The monoisotopic (exact) mass is 623 g/mol. The van der Waals surface area contributed by atoms with Crippen LogP contribution in [0.25, 0.3) is 0 Å². The summed E-state index contributed by atoms with van der Waals surface area (Å²) < 4.78 is 87.8. The molecule has 2 saturated carbocycles. The molecule has 42 heavy (non-hydrogen) atoms. The van der Waals surface area contributed by atoms with E-state index in [1.165, 1.54) is 29.3 Å². The van der Waals surface area contributed by atoms with Gasteiger partial charge in [0.2, 0.25) is 0 Å². The average Bonchev–Trinajstić information content (AvgIpc) is 3.38. The van der Waals surface area contributed by atoms with Crippen LogP contribution in [0.15, 0.2) is 12.1 Å². The van der Waals surface area contributed by atoms with Crippen molar-refractivity contribution in [2.75, 3.05) is 32.8 Å². The fraction of sp³-hybridized carbons (Fsp3) is 0.704. The summed E-state index contributed by atoms with van der Waals surface area (Å²) in [4.78, 5) is 21.8. The Morgan fingerprint density at radius 2 is 1.67 bits per heavy atom. The predicted octanol–water partition coefficient (Wildman–Crippen LogP) is 3.72. The highest BCUT2D eigenvalue weighted by molar-refractivity contribution is 7.87. The number of carboxylic acids is 1. The Morgan fingerprint density at radius 3 is 2.21 bits per heavy atom. The summed E-state index contributed by atoms with van der Waals surface area (Å²) in [5.74, 6) is -3.26. The largest absolute Gasteiger partial charge is 0.493 e. The third kappa shape index (κ3) is 9.01. The minimum atomic E-state index is -5.08. The van der Waals surface area contributed by atoms with Gasteiger partial charge in [-0.25, -0.2) is 13.9 Å². The maximum Gasteiger partial charge on any atom is 0.490 e. The Balaban J connectivity index is 0.000000517. The average molecular weight is 624 g/mol. The van der Waals surface area contributed by atoms with Gasteiger partial charge < -0.3 is 19.9 Å². The van der Waals surface area contributed by atoms with Crippen molar-refractivity contribution >= 4 is 22.1 Å². The van der Waals surface area contributed by atoms with Gasteiger partial charge in [-0.1, -0.05) is 12.8 Å². The molecule has 0 spiro atoms. The molecule has 1 amide bonds. The van der Waals surface area contributed by atoms with Crippen molar-refractivity contribution in [2.45, 2.75) is 82.1 Å². The second-order valence-corrected chi connectivity index (χ2v) is 12.9. The van der Waals surface area contributed by atoms with Crippen molar-refractivity contribution < 1.29 is 50.1 Å². The molecule has 4 aliphatic rings. The molecule has 3 N–H and O–H groups in total. The standard InChI is InChI=1S/C25H36FN3O5S.C2HF3O2/c26-23-14-24(33-16-17-3-1-2-4-17)21(18-5-6-18)13-22(23)25(30)28-35(31,32)29-11-8-19(9-12-29)34-20-7-10-27-15-20;3-2(4,5)1(6)7/h13-14,17-20,27H,1-12,15-16H2,(H,28,30);(H,6,7)/t20-;/m0./s1. The number of rotatable bonds is 9. The Labute approximate surface area is 242 Å². The number of nitrogens with zero attached hydrogens (tertiary/aromatic N) is 1. The zero-order valence-corrected chi connectivity index (χ0v) is 23.9. The molecule has 2 aliphatic heterocycles. The van der Waals surface area contributed by atoms with E-state index in [9.17, 15) is 30.8 Å². The minimum absolute atomic E-state index is 0.0115. The molecule has 0 radical (unpaired) electrons. The number of benzene rings is 1. The molecule has 10 nitrogen and oxygen atoms in total. The lowest BCUT2D eigenvalue weighted by molar-refractivity contribution is -0.192. The van der Waals surface area contributed by atoms with Crippen LogP contribution in [-0.2, 0) is 19.7 Å². The van der Waals surface area contributed by atoms with E-state index in [2.05, 4.69) is 10.0 Å². The number of piperidine rings is 1. The van der Waals surface area contributed by atoms with Gasteiger partial charge in [0.15, 0.2) is 0 Å². The third-order valence-electron chi connectivity index (χ3n) is 7.92. The van der Waals surface area contributed by atoms with Crippen LogP contribution in [0.3, 0.4) is 0 Å². The van der Waals surface area contributed by atoms with Gasteiger partial charge >= 0.3 is 22.4 Å². The zero-order chi connectivity index (χ0) is 30.5. The molecule has 2 heterocycles. The summed E-state index contributed by atoms with van der Waals surface area (Å²) in [6.07, 6.45) is 3.78. The molecule has 0 unspecified atom stereocenters. The first-order chi connectivity index (χ1) is 19.8. The Morgan fingerprint density at radius 1 is 1.02 bits per heavy atom. The lowest BCUT2D eigenvalue weighted by atomic mass is 10.0. The molecular formula is C27H37F4N3O7S. The number of carbonyl (C=O) groups is 2. The highest BCUT2D eigenvalue weighted by Gasteiger charge is 2.38. The number of ether oxygens (including phenoxy) is 2. The minimum Gasteiger partial charge on any atom is -0.493 e. The number of aliphatic carboxylic acids is 1. The van der Waals surface area contributed by atoms with E-state index in [0.717, 1.165) is 50.8 Å². The first kappa shape index (κ1) is 32.4. The summed E-state index contributed by atoms with van der Waals surface area (Å²) in [7, 11) is -4.08. The third-order valence-corrected chi connectivity index (χ3v) is 9.40. The van der Waals surface area contributed by atoms with Gasteiger partial charge in [-0.15, -0.1) is 0 Å². The first-order valence-corrected chi connectivity index (χ1v) is 15.7. The predicted molar refractivity (Wildman–Crippen MR) is 143 cm³/mol. The van der Waals surface area contributed by atoms with Gasteiger partial charge in [-0.3, -0.25) is 4.79 Å². The molecule has 1 atom stereocenters. The fourth-order valence-corrected chi connectivity index (χ4v) is 6.60. The Bertz CT molecular complexity index is 1210. The highest BCUT2D eigenvalue weighted by Crippen LogP contribution is 2.45. The van der Waals surface area contributed by atoms with Crippen molar-refractivity contribution in [3.63, 3.8) is 0 Å². The number of amides is 1. The summed E-state index contributed by atoms with van der Waals surface area (Å²) in [6.45, 7) is 2.84. The maximum absolute atomic E-state index is 15.0. The number of carboxylic acid groups (broad SMARTS) is 1. The van der Waals surface area contributed by atoms with Gasteiger partial charge in [0, 0.05) is 25.7 Å². The lowest BCUT2D eigenvalue weighted by Gasteiger charge is -2.32. The maximum atomic E-state index is 15.0. The quantitative estimate of drug-likeness (QED) is 0.355. The van der Waals surface area contributed by atoms with E-state index >= 15 is 0 Å². The smallest absolute Gasteiger partial charge is 0.490 e. The van der Waals surface area contributed by atoms with Gasteiger partial charge in [-0.2, -0.15) is 25.9 Å². The van der Waals surface area contributed by atoms with E-state index in [0.29, 0.717) is 31.1 Å². The Kier molecular flexibility index (Phi) is 10.7. The van der Waals surface area contributed by atoms with E-state index < -0.39 is 34.1 Å². The van der Waals surface area contributed by atoms with Crippen LogP contribution in [-0.4, -0.2) is 80.9 Å². The number of hydrogen-bond donors (Lipinski definition) is 3. The molecule has 4 fully saturated rings. The summed E-state index contributed by atoms with van der Waals surface area (Å²) >= 11 is 0. The normalized spacial score (nSPS) is 22.4. The molecule has 2 saturated heterocycles. The molecular weight excluding hydrogens is 586 g/mol. The lowest BCUT2D eigenvalue weighted by Crippen LogP contribution is -2.48. The van der Waals surface area contributed by atoms with Gasteiger partial charge in [-0.05, 0) is 75.0 Å². The Hall–Kier alpha value is -2.49. The number of nitrogens with one attached hydrogen (secondary N) is 2. The number of alkyl halides is 3. The number of halogens is 4. The van der Waals surface area contributed by atoms with Crippen LogP contribution < -0.4 is 14.8 Å². The van der Waals surface area contributed by atoms with Gasteiger partial charge in [0.25, 0.3) is 5.91 Å². The number of hydrogen-bond acceptors (Lipinski definition) is 7. The summed E-state index contributed by atoms with van der Waals surface area (Å²) in [6, 6.07) is 2.74. The van der Waals surface area contributed by atoms with Crippen LogP contribution in [0.5, 0.6) is 5.75 Å². The summed E-state index contributed by atoms with van der Waals surface area (Å²) in [5.41, 5.74) is 0.543. The molecule has 236 valence electrons. The SMILES string of the molecule is O=C(NS(=O)(=O)N1CCC(O[C@H]2CCNC2)CC1)c1cc(C2CC2)c(OCC2CCCC2)cc1F.O=C(O)C(F)(F)F. The van der Waals surface area contributed by atoms with Crippen LogP contribution in [0.2, 0.25) is 0 Å². The van der Waals surface area contributed by atoms with Crippen molar-refractivity contribution in [3.05, 3.63) is 29.1 Å². The fourth-order valence-electron chi connectivity index (χ4n) is 5.43. The molecule has 5 rings (SSSR count). The van der Waals surface area contributed by atoms with Gasteiger partial charge in [0.1, 0.15) is 11.6 Å². The van der Waals surface area contributed by atoms with E-state index in [1.807, 2.05) is 0 Å². The zero-order valence-electron chi connectivity index (χ0n) is 23.1. The van der Waals surface area contributed by atoms with Crippen LogP contribution in [0, 0.1) is 11.7 Å².